The van der Waals surface area contributed by atoms with Crippen LogP contribution in [0.15, 0.2) is 52.5 Å². The minimum atomic E-state index is -3.99. The lowest BCUT2D eigenvalue weighted by molar-refractivity contribution is 0.600. The molecule has 3 N–H and O–H groups in total. The molecule has 0 fully saturated rings. The van der Waals surface area contributed by atoms with Gasteiger partial charge in [0.05, 0.1) is 16.3 Å². The molecule has 0 bridgehead atoms. The number of sulfone groups is 1. The predicted octanol–water partition coefficient (Wildman–Crippen LogP) is 0.868. The maximum atomic E-state index is 12.3. The van der Waals surface area contributed by atoms with Gasteiger partial charge in [0.15, 0.2) is 9.84 Å². The van der Waals surface area contributed by atoms with Crippen LogP contribution in [0.3, 0.4) is 0 Å². The largest absolute Gasteiger partial charge is 0.398 e. The van der Waals surface area contributed by atoms with Gasteiger partial charge in [-0.05, 0) is 30.3 Å². The second kappa shape index (κ2) is 5.34. The monoisotopic (exact) mass is 327 g/mol. The molecule has 0 atom stereocenters. The lowest BCUT2D eigenvalue weighted by atomic mass is 10.3. The maximum Gasteiger partial charge on any atom is 0.263 e. The van der Waals surface area contributed by atoms with E-state index in [4.69, 9.17) is 5.73 Å². The Morgan fingerprint density at radius 1 is 1.05 bits per heavy atom. The van der Waals surface area contributed by atoms with Crippen molar-refractivity contribution < 1.29 is 16.8 Å². The zero-order valence-electron chi connectivity index (χ0n) is 11.0. The van der Waals surface area contributed by atoms with Crippen molar-refractivity contribution in [2.24, 2.45) is 0 Å². The van der Waals surface area contributed by atoms with E-state index >= 15 is 0 Å². The summed E-state index contributed by atoms with van der Waals surface area (Å²) in [6.45, 7) is 0. The number of sulfonamides is 1. The number of pyridine rings is 1. The van der Waals surface area contributed by atoms with Gasteiger partial charge in [0.2, 0.25) is 0 Å². The molecule has 0 aliphatic carbocycles. The fourth-order valence-electron chi connectivity index (χ4n) is 1.61. The van der Waals surface area contributed by atoms with E-state index in [0.717, 1.165) is 12.3 Å². The molecular formula is C12H13N3O4S2. The summed E-state index contributed by atoms with van der Waals surface area (Å²) in [4.78, 5) is 3.36. The van der Waals surface area contributed by atoms with Gasteiger partial charge in [-0.25, -0.2) is 16.8 Å². The first-order valence-electron chi connectivity index (χ1n) is 5.72. The number of hydrogen-bond donors (Lipinski definition) is 2. The molecule has 7 nitrogen and oxygen atoms in total. The molecule has 1 aromatic carbocycles. The molecule has 0 spiro atoms. The number of nitrogen functional groups attached to an aromatic ring is 1. The minimum absolute atomic E-state index is 0.0380. The molecule has 1 heterocycles. The summed E-state index contributed by atoms with van der Waals surface area (Å²) in [5, 5.41) is 0. The van der Waals surface area contributed by atoms with E-state index in [9.17, 15) is 16.8 Å². The minimum Gasteiger partial charge on any atom is -0.398 e. The van der Waals surface area contributed by atoms with Crippen LogP contribution in [0.5, 0.6) is 0 Å². The van der Waals surface area contributed by atoms with Crippen LogP contribution in [0.1, 0.15) is 0 Å². The van der Waals surface area contributed by atoms with Gasteiger partial charge in [0.25, 0.3) is 10.0 Å². The van der Waals surface area contributed by atoms with Gasteiger partial charge >= 0.3 is 0 Å². The molecule has 0 radical (unpaired) electrons. The zero-order valence-corrected chi connectivity index (χ0v) is 12.6. The highest BCUT2D eigenvalue weighted by Gasteiger charge is 2.20. The van der Waals surface area contributed by atoms with Gasteiger partial charge in [-0.1, -0.05) is 0 Å². The zero-order chi connectivity index (χ0) is 15.7. The molecular weight excluding hydrogens is 314 g/mol. The molecule has 0 saturated carbocycles. The summed E-state index contributed by atoms with van der Waals surface area (Å²) in [5.41, 5.74) is 5.91. The highest BCUT2D eigenvalue weighted by atomic mass is 32.2. The third kappa shape index (κ3) is 3.50. The quantitative estimate of drug-likeness (QED) is 0.804. The number of hydrogen-bond acceptors (Lipinski definition) is 6. The second-order valence-electron chi connectivity index (χ2n) is 4.31. The Morgan fingerprint density at radius 3 is 2.24 bits per heavy atom. The molecule has 2 rings (SSSR count). The Kier molecular flexibility index (Phi) is 3.88. The standard InChI is InChI=1S/C12H13N3O4S2/c1-20(16,17)10-2-3-11(13)12(8-10)21(18,19)15-9-4-6-14-7-5-9/h2-8H,13H2,1H3,(H,14,15). The van der Waals surface area contributed by atoms with Crippen LogP contribution >= 0.6 is 0 Å². The van der Waals surface area contributed by atoms with Crippen LogP contribution in [0, 0.1) is 0 Å². The van der Waals surface area contributed by atoms with Crippen LogP contribution in [-0.2, 0) is 19.9 Å². The maximum absolute atomic E-state index is 12.3. The van der Waals surface area contributed by atoms with Gasteiger partial charge in [0.1, 0.15) is 4.90 Å². The molecule has 9 heteroatoms. The van der Waals surface area contributed by atoms with Crippen molar-refractivity contribution >= 4 is 31.2 Å². The van der Waals surface area contributed by atoms with E-state index in [1.807, 2.05) is 0 Å². The highest BCUT2D eigenvalue weighted by Crippen LogP contribution is 2.24. The molecule has 21 heavy (non-hydrogen) atoms. The number of nitrogens with one attached hydrogen (secondary N) is 1. The summed E-state index contributed by atoms with van der Waals surface area (Å²) in [6.07, 6.45) is 3.84. The van der Waals surface area contributed by atoms with Crippen molar-refractivity contribution in [3.8, 4) is 0 Å². The van der Waals surface area contributed by atoms with E-state index in [1.54, 1.807) is 0 Å². The van der Waals surface area contributed by atoms with Crippen molar-refractivity contribution in [2.75, 3.05) is 16.7 Å². The van der Waals surface area contributed by atoms with Crippen molar-refractivity contribution in [3.63, 3.8) is 0 Å². The molecule has 112 valence electrons. The first-order valence-corrected chi connectivity index (χ1v) is 9.10. The number of nitrogens with zero attached hydrogens (tertiary/aromatic N) is 1. The molecule has 0 amide bonds. The van der Waals surface area contributed by atoms with Crippen molar-refractivity contribution in [1.29, 1.82) is 0 Å². The van der Waals surface area contributed by atoms with Crippen LogP contribution in [0.2, 0.25) is 0 Å². The van der Waals surface area contributed by atoms with Gasteiger partial charge < -0.3 is 5.73 Å². The molecule has 0 aliphatic heterocycles. The third-order valence-electron chi connectivity index (χ3n) is 2.64. The van der Waals surface area contributed by atoms with Crippen LogP contribution in [0.25, 0.3) is 0 Å². The molecule has 2 aromatic rings. The average Bonchev–Trinajstić information content (AvgIpc) is 2.38. The predicted molar refractivity (Wildman–Crippen MR) is 79.0 cm³/mol. The first kappa shape index (κ1) is 15.3. The molecule has 0 aliphatic rings. The van der Waals surface area contributed by atoms with E-state index in [2.05, 4.69) is 9.71 Å². The smallest absolute Gasteiger partial charge is 0.263 e. The SMILES string of the molecule is CS(=O)(=O)c1ccc(N)c(S(=O)(=O)Nc2ccncc2)c1. The van der Waals surface area contributed by atoms with Crippen LogP contribution < -0.4 is 10.5 Å². The van der Waals surface area contributed by atoms with Gasteiger partial charge in [0, 0.05) is 18.6 Å². The van der Waals surface area contributed by atoms with Crippen LogP contribution in [-0.4, -0.2) is 28.1 Å². The number of aromatic nitrogens is 1. The Balaban J connectivity index is 2.50. The molecule has 0 saturated heterocycles. The van der Waals surface area contributed by atoms with E-state index in [-0.39, 0.29) is 15.5 Å². The fraction of sp³-hybridized carbons (Fsp3) is 0.0833. The van der Waals surface area contributed by atoms with Gasteiger partial charge in [-0.2, -0.15) is 0 Å². The lowest BCUT2D eigenvalue weighted by Crippen LogP contribution is -2.15. The average molecular weight is 327 g/mol. The van der Waals surface area contributed by atoms with Crippen molar-refractivity contribution in [2.45, 2.75) is 9.79 Å². The highest BCUT2D eigenvalue weighted by molar-refractivity contribution is 7.93. The van der Waals surface area contributed by atoms with Crippen molar-refractivity contribution in [3.05, 3.63) is 42.7 Å². The topological polar surface area (TPSA) is 119 Å². The van der Waals surface area contributed by atoms with E-state index in [1.165, 1.54) is 36.7 Å². The third-order valence-corrected chi connectivity index (χ3v) is 5.18. The fourth-order valence-corrected chi connectivity index (χ4v) is 3.55. The molecule has 0 unspecified atom stereocenters. The summed E-state index contributed by atoms with van der Waals surface area (Å²) < 4.78 is 49.9. The Morgan fingerprint density at radius 2 is 1.67 bits per heavy atom. The number of benzene rings is 1. The summed E-state index contributed by atoms with van der Waals surface area (Å²) in [6, 6.07) is 6.48. The summed E-state index contributed by atoms with van der Waals surface area (Å²) >= 11 is 0. The van der Waals surface area contributed by atoms with E-state index < -0.39 is 19.9 Å². The second-order valence-corrected chi connectivity index (χ2v) is 7.98. The lowest BCUT2D eigenvalue weighted by Gasteiger charge is -2.11. The van der Waals surface area contributed by atoms with Gasteiger partial charge in [-0.15, -0.1) is 0 Å². The number of rotatable bonds is 4. The summed E-state index contributed by atoms with van der Waals surface area (Å²) in [7, 11) is -7.53. The summed E-state index contributed by atoms with van der Waals surface area (Å²) in [5.74, 6) is 0. The van der Waals surface area contributed by atoms with E-state index in [0.29, 0.717) is 5.69 Å². The Bertz CT molecular complexity index is 863. The van der Waals surface area contributed by atoms with Crippen molar-refractivity contribution in [1.82, 2.24) is 4.98 Å². The number of anilines is 2. The normalized spacial score (nSPS) is 12.0. The number of nitrogens with two attached hydrogens (primary N) is 1. The van der Waals surface area contributed by atoms with Gasteiger partial charge in [-0.3, -0.25) is 9.71 Å². The molecule has 1 aromatic heterocycles. The Labute approximate surface area is 122 Å². The Hall–Kier alpha value is -2.13. The first-order chi connectivity index (χ1) is 9.70. The van der Waals surface area contributed by atoms with Crippen LogP contribution in [0.4, 0.5) is 11.4 Å².